The van der Waals surface area contributed by atoms with Crippen molar-refractivity contribution in [2.45, 2.75) is 38.8 Å². The van der Waals surface area contributed by atoms with Gasteiger partial charge in [-0.05, 0) is 82.0 Å². The highest BCUT2D eigenvalue weighted by Crippen LogP contribution is 2.35. The molecule has 0 aromatic heterocycles. The van der Waals surface area contributed by atoms with E-state index in [1.54, 1.807) is 17.0 Å². The molecular weight excluding hydrogens is 719 g/mol. The van der Waals surface area contributed by atoms with Crippen LogP contribution < -0.4 is 20.6 Å². The van der Waals surface area contributed by atoms with Crippen molar-refractivity contribution in [3.63, 3.8) is 0 Å². The second kappa shape index (κ2) is 16.3. The topological polar surface area (TPSA) is 137 Å². The van der Waals surface area contributed by atoms with Crippen LogP contribution in [0.25, 0.3) is 11.1 Å². The molecule has 3 N–H and O–H groups in total. The Morgan fingerprint density at radius 2 is 1.30 bits per heavy atom. The molecule has 1 unspecified atom stereocenters. The van der Waals surface area contributed by atoms with Crippen LogP contribution in [0.1, 0.15) is 58.8 Å². The number of carbonyl (C=O) groups is 4. The Morgan fingerprint density at radius 1 is 0.719 bits per heavy atom. The number of imide groups is 1. The summed E-state index contributed by atoms with van der Waals surface area (Å²) in [5, 5.41) is 21.7. The molecule has 5 amide bonds. The number of anilines is 2. The van der Waals surface area contributed by atoms with Gasteiger partial charge in [-0.3, -0.25) is 19.7 Å². The van der Waals surface area contributed by atoms with Crippen molar-refractivity contribution in [3.05, 3.63) is 125 Å². The summed E-state index contributed by atoms with van der Waals surface area (Å²) < 4.78 is 0. The van der Waals surface area contributed by atoms with Crippen LogP contribution in [0.5, 0.6) is 0 Å². The monoisotopic (exact) mass is 766 g/mol. The van der Waals surface area contributed by atoms with Crippen LogP contribution in [-0.4, -0.2) is 114 Å². The van der Waals surface area contributed by atoms with E-state index in [0.717, 1.165) is 58.7 Å². The Kier molecular flexibility index (Phi) is 10.9. The summed E-state index contributed by atoms with van der Waals surface area (Å²) in [7, 11) is -1.52. The third-order valence-electron chi connectivity index (χ3n) is 11.8. The number of rotatable bonds is 8. The zero-order valence-corrected chi connectivity index (χ0v) is 32.1. The average molecular weight is 767 g/mol. The predicted molar refractivity (Wildman–Crippen MR) is 221 cm³/mol. The number of amides is 5. The van der Waals surface area contributed by atoms with E-state index in [4.69, 9.17) is 0 Å². The van der Waals surface area contributed by atoms with E-state index in [-0.39, 0.29) is 24.3 Å². The second-order valence-electron chi connectivity index (χ2n) is 15.1. The molecule has 4 aromatic rings. The molecule has 0 spiro atoms. The van der Waals surface area contributed by atoms with Crippen molar-refractivity contribution in [1.29, 1.82) is 0 Å². The number of hydrogen-bond donors (Lipinski definition) is 3. The van der Waals surface area contributed by atoms with Gasteiger partial charge in [-0.2, -0.15) is 0 Å². The summed E-state index contributed by atoms with van der Waals surface area (Å²) in [6.07, 6.45) is 1.38. The fourth-order valence-corrected chi connectivity index (χ4v) is 8.61. The summed E-state index contributed by atoms with van der Waals surface area (Å²) in [5.74, 6) is -0.897. The van der Waals surface area contributed by atoms with Gasteiger partial charge in [0.25, 0.3) is 5.91 Å². The summed E-state index contributed by atoms with van der Waals surface area (Å²) in [5.41, 5.74) is 9.54. The van der Waals surface area contributed by atoms with Gasteiger partial charge in [-0.1, -0.05) is 73.7 Å². The van der Waals surface area contributed by atoms with Gasteiger partial charge in [-0.25, -0.2) is 4.79 Å². The first-order valence-corrected chi connectivity index (χ1v) is 19.8. The molecule has 292 valence electrons. The van der Waals surface area contributed by atoms with Crippen molar-refractivity contribution >= 4 is 58.9 Å². The lowest BCUT2D eigenvalue weighted by molar-refractivity contribution is -0.136. The van der Waals surface area contributed by atoms with Crippen molar-refractivity contribution in [2.24, 2.45) is 0 Å². The van der Waals surface area contributed by atoms with Crippen LogP contribution in [0.4, 0.5) is 16.2 Å². The second-order valence-corrected chi connectivity index (χ2v) is 15.1. The van der Waals surface area contributed by atoms with Crippen LogP contribution in [0.2, 0.25) is 0 Å². The summed E-state index contributed by atoms with van der Waals surface area (Å²) in [4.78, 5) is 60.9. The van der Waals surface area contributed by atoms with Crippen molar-refractivity contribution in [3.8, 4) is 0 Å². The molecule has 8 rings (SSSR count). The molecule has 4 heterocycles. The van der Waals surface area contributed by atoms with E-state index < -0.39 is 19.1 Å². The van der Waals surface area contributed by atoms with Crippen molar-refractivity contribution in [2.75, 3.05) is 62.2 Å². The fourth-order valence-electron chi connectivity index (χ4n) is 8.61. The quantitative estimate of drug-likeness (QED) is 0.141. The molecule has 12 nitrogen and oxygen atoms in total. The largest absolute Gasteiger partial charge is 0.488 e. The lowest BCUT2D eigenvalue weighted by Crippen LogP contribution is -2.57. The van der Waals surface area contributed by atoms with Crippen molar-refractivity contribution < 1.29 is 29.2 Å². The van der Waals surface area contributed by atoms with E-state index >= 15 is 0 Å². The maximum atomic E-state index is 13.7. The molecule has 3 saturated heterocycles. The summed E-state index contributed by atoms with van der Waals surface area (Å²) in [6.45, 7) is 7.76. The molecular formula is C44H47BN6O6. The standard InChI is InChI=1S/C44H47BN6O6/c1-2-37(30-6-4-3-5-7-30)41(31-8-12-34(13-9-31)45(56)57)32-10-14-35(15-11-32)47-20-24-49(25-21-47)44(55)50-26-22-48(23-27-50)36-16-17-38-33(28-36)29-51(43(38)54)39-18-19-40(52)46-42(39)53/h3-17,28,39,56-57H,2,18-27,29H2,1H3,(H,46,52,53)/b41-37-. The number of nitrogens with zero attached hydrogens (tertiary/aromatic N) is 5. The SMILES string of the molecule is CC/C(=C(\c1ccc(B(O)O)cc1)c1ccc(N2CCN(C(=O)N3CCN(c4ccc5c(c4)CN(C4CCC(=O)NC4=O)C5=O)CC3)CC2)cc1)c1ccccc1. The van der Waals surface area contributed by atoms with Crippen LogP contribution in [0, 0.1) is 0 Å². The highest BCUT2D eigenvalue weighted by molar-refractivity contribution is 6.58. The minimum Gasteiger partial charge on any atom is -0.423 e. The van der Waals surface area contributed by atoms with E-state index in [1.165, 1.54) is 5.57 Å². The zero-order valence-electron chi connectivity index (χ0n) is 32.1. The van der Waals surface area contributed by atoms with Gasteiger partial charge in [-0.15, -0.1) is 0 Å². The number of fused-ring (bicyclic) bond motifs is 1. The molecule has 0 radical (unpaired) electrons. The highest BCUT2D eigenvalue weighted by atomic mass is 16.4. The van der Waals surface area contributed by atoms with E-state index in [0.29, 0.717) is 63.3 Å². The first-order chi connectivity index (χ1) is 27.7. The van der Waals surface area contributed by atoms with E-state index in [2.05, 4.69) is 58.4 Å². The zero-order chi connectivity index (χ0) is 39.6. The highest BCUT2D eigenvalue weighted by Gasteiger charge is 2.39. The smallest absolute Gasteiger partial charge is 0.423 e. The first kappa shape index (κ1) is 38.0. The van der Waals surface area contributed by atoms with Gasteiger partial charge in [0.1, 0.15) is 6.04 Å². The molecule has 13 heteroatoms. The molecule has 0 saturated carbocycles. The van der Waals surface area contributed by atoms with Crippen LogP contribution in [0.15, 0.2) is 97.1 Å². The maximum Gasteiger partial charge on any atom is 0.488 e. The lowest BCUT2D eigenvalue weighted by atomic mass is 9.79. The third kappa shape index (κ3) is 7.77. The minimum absolute atomic E-state index is 0.0617. The number of piperidine rings is 1. The Bertz CT molecular complexity index is 2180. The van der Waals surface area contributed by atoms with Gasteiger partial charge in [0.05, 0.1) is 0 Å². The van der Waals surface area contributed by atoms with Crippen molar-refractivity contribution in [1.82, 2.24) is 20.0 Å². The molecule has 57 heavy (non-hydrogen) atoms. The van der Waals surface area contributed by atoms with Gasteiger partial charge in [0.15, 0.2) is 0 Å². The van der Waals surface area contributed by atoms with Crippen LogP contribution in [0.3, 0.4) is 0 Å². The number of allylic oxidation sites excluding steroid dienone is 1. The predicted octanol–water partition coefficient (Wildman–Crippen LogP) is 3.56. The van der Waals surface area contributed by atoms with E-state index in [9.17, 15) is 29.2 Å². The minimum atomic E-state index is -1.52. The lowest BCUT2D eigenvalue weighted by Gasteiger charge is -2.41. The number of urea groups is 1. The molecule has 4 aliphatic rings. The van der Waals surface area contributed by atoms with Crippen LogP contribution >= 0.6 is 0 Å². The molecule has 0 aliphatic carbocycles. The Balaban J connectivity index is 0.876. The van der Waals surface area contributed by atoms with Gasteiger partial charge in [0, 0.05) is 82.3 Å². The van der Waals surface area contributed by atoms with Gasteiger partial charge < -0.3 is 34.5 Å². The average Bonchev–Trinajstić information content (AvgIpc) is 3.57. The normalized spacial score (nSPS) is 19.0. The molecule has 4 aromatic carbocycles. The maximum absolute atomic E-state index is 13.7. The number of benzene rings is 4. The number of nitrogens with one attached hydrogen (secondary N) is 1. The molecule has 0 bridgehead atoms. The Hall–Kier alpha value is -5.92. The van der Waals surface area contributed by atoms with Crippen LogP contribution in [-0.2, 0) is 16.1 Å². The van der Waals surface area contributed by atoms with Gasteiger partial charge >= 0.3 is 13.1 Å². The van der Waals surface area contributed by atoms with E-state index in [1.807, 2.05) is 58.3 Å². The fraction of sp³-hybridized carbons (Fsp3) is 0.318. The molecule has 4 aliphatic heterocycles. The molecule has 3 fully saturated rings. The Labute approximate surface area is 333 Å². The molecule has 1 atom stereocenters. The summed E-state index contributed by atoms with van der Waals surface area (Å²) in [6, 6.07) is 31.6. The van der Waals surface area contributed by atoms with Gasteiger partial charge in [0.2, 0.25) is 11.8 Å². The summed E-state index contributed by atoms with van der Waals surface area (Å²) >= 11 is 0. The number of hydrogen-bond acceptors (Lipinski definition) is 8. The first-order valence-electron chi connectivity index (χ1n) is 19.8. The number of carbonyl (C=O) groups excluding carboxylic acids is 4. The third-order valence-corrected chi connectivity index (χ3v) is 11.8. The number of piperazine rings is 2. The Morgan fingerprint density at radius 3 is 1.88 bits per heavy atom.